The molecule has 2 fully saturated rings. The third-order valence-corrected chi connectivity index (χ3v) is 4.22. The second kappa shape index (κ2) is 7.63. The van der Waals surface area contributed by atoms with Crippen molar-refractivity contribution in [2.24, 2.45) is 17.2 Å². The molecule has 11 N–H and O–H groups in total. The van der Waals surface area contributed by atoms with Gasteiger partial charge in [-0.05, 0) is 0 Å². The zero-order valence-corrected chi connectivity index (χ0v) is 12.4. The minimum atomic E-state index is -1.39. The molecule has 0 aromatic rings. The smallest absolute Gasteiger partial charge is 0.179 e. The molecule has 136 valence electrons. The average molecular weight is 339 g/mol. The molecule has 0 aromatic carbocycles. The van der Waals surface area contributed by atoms with Crippen molar-refractivity contribution >= 4 is 0 Å². The first-order valence-electron chi connectivity index (χ1n) is 7.30. The summed E-state index contributed by atoms with van der Waals surface area (Å²) in [6, 6.07) is -2.99. The van der Waals surface area contributed by atoms with E-state index in [2.05, 4.69) is 0 Å². The Hall–Kier alpha value is -0.440. The van der Waals surface area contributed by atoms with Gasteiger partial charge in [0.2, 0.25) is 0 Å². The summed E-state index contributed by atoms with van der Waals surface area (Å²) in [5.41, 5.74) is 17.4. The summed E-state index contributed by atoms with van der Waals surface area (Å²) in [5.74, 6) is 0. The first-order valence-corrected chi connectivity index (χ1v) is 7.30. The SMILES string of the molecule is N[C@@H]1[C@@H](O[C@H]2O[C@H](CO)[C@@H](O)[C@H](O)[C@@H]2N)O[C@H](CO)[C@@H](O)[C@@H]1N. The molecule has 0 aliphatic carbocycles. The molecule has 10 atom stereocenters. The van der Waals surface area contributed by atoms with Gasteiger partial charge in [-0.25, -0.2) is 0 Å². The van der Waals surface area contributed by atoms with Gasteiger partial charge in [0.25, 0.3) is 0 Å². The van der Waals surface area contributed by atoms with E-state index in [0.29, 0.717) is 0 Å². The average Bonchev–Trinajstić information content (AvgIpc) is 2.55. The van der Waals surface area contributed by atoms with Crippen molar-refractivity contribution in [3.63, 3.8) is 0 Å². The molecule has 0 unspecified atom stereocenters. The molecular weight excluding hydrogens is 314 g/mol. The van der Waals surface area contributed by atoms with Crippen LogP contribution in [0.15, 0.2) is 0 Å². The van der Waals surface area contributed by atoms with Crippen molar-refractivity contribution < 1.29 is 39.7 Å². The number of hydrogen-bond donors (Lipinski definition) is 8. The molecule has 0 bridgehead atoms. The van der Waals surface area contributed by atoms with E-state index in [0.717, 1.165) is 0 Å². The summed E-state index contributed by atoms with van der Waals surface area (Å²) >= 11 is 0. The van der Waals surface area contributed by atoms with Crippen LogP contribution in [0.5, 0.6) is 0 Å². The molecule has 0 amide bonds. The lowest BCUT2D eigenvalue weighted by Crippen LogP contribution is -2.68. The van der Waals surface area contributed by atoms with Crippen LogP contribution >= 0.6 is 0 Å². The Labute approximate surface area is 132 Å². The number of nitrogens with two attached hydrogens (primary N) is 3. The van der Waals surface area contributed by atoms with Gasteiger partial charge in [-0.1, -0.05) is 0 Å². The van der Waals surface area contributed by atoms with Crippen LogP contribution in [0.1, 0.15) is 0 Å². The molecule has 2 aliphatic rings. The maximum absolute atomic E-state index is 9.88. The molecular formula is C12H25N3O8. The van der Waals surface area contributed by atoms with Gasteiger partial charge in [0.1, 0.15) is 24.4 Å². The van der Waals surface area contributed by atoms with E-state index in [4.69, 9.17) is 36.5 Å². The zero-order chi connectivity index (χ0) is 17.3. The minimum Gasteiger partial charge on any atom is -0.394 e. The standard InChI is InChI=1S/C12H25N3O8/c13-5-6(14)11(21-3(1-16)8(5)18)23-12-7(15)10(20)9(19)4(2-17)22-12/h3-12,16-20H,1-2,13-15H2/t3-,4-,5-,6+,7+,8-,9-,10-,11-,12-/m1/s1. The molecule has 2 rings (SSSR count). The predicted molar refractivity (Wildman–Crippen MR) is 74.5 cm³/mol. The molecule has 0 saturated carbocycles. The number of hydrogen-bond acceptors (Lipinski definition) is 11. The molecule has 2 heterocycles. The maximum atomic E-state index is 9.88. The fraction of sp³-hybridized carbons (Fsp3) is 1.00. The van der Waals surface area contributed by atoms with Crippen LogP contribution in [0, 0.1) is 0 Å². The fourth-order valence-electron chi connectivity index (χ4n) is 2.63. The number of aliphatic hydroxyl groups is 5. The number of ether oxygens (including phenoxy) is 3. The van der Waals surface area contributed by atoms with Crippen LogP contribution in [-0.4, -0.2) is 100.0 Å². The predicted octanol–water partition coefficient (Wildman–Crippen LogP) is -5.50. The third-order valence-electron chi connectivity index (χ3n) is 4.22. The van der Waals surface area contributed by atoms with E-state index in [1.807, 2.05) is 0 Å². The normalized spacial score (nSPS) is 51.7. The van der Waals surface area contributed by atoms with E-state index in [-0.39, 0.29) is 0 Å². The molecule has 23 heavy (non-hydrogen) atoms. The Morgan fingerprint density at radius 3 is 1.70 bits per heavy atom. The molecule has 11 heteroatoms. The van der Waals surface area contributed by atoms with Crippen LogP contribution in [-0.2, 0) is 14.2 Å². The minimum absolute atomic E-state index is 0.500. The van der Waals surface area contributed by atoms with Gasteiger partial charge in [-0.15, -0.1) is 0 Å². The zero-order valence-electron chi connectivity index (χ0n) is 12.4. The molecule has 2 aliphatic heterocycles. The second-order valence-corrected chi connectivity index (χ2v) is 5.79. The van der Waals surface area contributed by atoms with E-state index in [9.17, 15) is 20.4 Å². The molecule has 2 saturated heterocycles. The van der Waals surface area contributed by atoms with E-state index >= 15 is 0 Å². The Balaban J connectivity index is 2.07. The Bertz CT molecular complexity index is 353. The highest BCUT2D eigenvalue weighted by Crippen LogP contribution is 2.26. The Morgan fingerprint density at radius 2 is 1.17 bits per heavy atom. The van der Waals surface area contributed by atoms with E-state index in [1.165, 1.54) is 0 Å². The molecule has 0 radical (unpaired) electrons. The quantitative estimate of drug-likeness (QED) is 0.242. The lowest BCUT2D eigenvalue weighted by molar-refractivity contribution is -0.335. The summed E-state index contributed by atoms with van der Waals surface area (Å²) in [4.78, 5) is 0. The fourth-order valence-corrected chi connectivity index (χ4v) is 2.63. The topological polar surface area (TPSA) is 207 Å². The highest BCUT2D eigenvalue weighted by Gasteiger charge is 2.47. The molecule has 0 aromatic heterocycles. The van der Waals surface area contributed by atoms with Crippen LogP contribution in [0.2, 0.25) is 0 Å². The van der Waals surface area contributed by atoms with Crippen molar-refractivity contribution in [1.29, 1.82) is 0 Å². The second-order valence-electron chi connectivity index (χ2n) is 5.79. The molecule has 11 nitrogen and oxygen atoms in total. The summed E-state index contributed by atoms with van der Waals surface area (Å²) in [6.45, 7) is -1.06. The van der Waals surface area contributed by atoms with Crippen molar-refractivity contribution in [1.82, 2.24) is 0 Å². The Morgan fingerprint density at radius 1 is 0.696 bits per heavy atom. The summed E-state index contributed by atoms with van der Waals surface area (Å²) in [7, 11) is 0. The summed E-state index contributed by atoms with van der Waals surface area (Å²) < 4.78 is 16.1. The maximum Gasteiger partial charge on any atom is 0.179 e. The highest BCUT2D eigenvalue weighted by atomic mass is 16.8. The van der Waals surface area contributed by atoms with Gasteiger partial charge in [-0.2, -0.15) is 0 Å². The van der Waals surface area contributed by atoms with Gasteiger partial charge in [0.15, 0.2) is 12.6 Å². The summed E-state index contributed by atoms with van der Waals surface area (Å²) in [5, 5.41) is 47.8. The summed E-state index contributed by atoms with van der Waals surface area (Å²) in [6.07, 6.45) is -8.43. The van der Waals surface area contributed by atoms with Gasteiger partial charge in [0, 0.05) is 0 Å². The van der Waals surface area contributed by atoms with E-state index in [1.54, 1.807) is 0 Å². The molecule has 0 spiro atoms. The van der Waals surface area contributed by atoms with Crippen molar-refractivity contribution in [3.8, 4) is 0 Å². The first-order chi connectivity index (χ1) is 10.8. The number of rotatable bonds is 4. The monoisotopic (exact) mass is 339 g/mol. The Kier molecular flexibility index (Phi) is 6.27. The van der Waals surface area contributed by atoms with Gasteiger partial charge < -0.3 is 56.9 Å². The van der Waals surface area contributed by atoms with Gasteiger partial charge in [-0.3, -0.25) is 0 Å². The highest BCUT2D eigenvalue weighted by molar-refractivity contribution is 4.96. The van der Waals surface area contributed by atoms with Crippen molar-refractivity contribution in [2.45, 2.75) is 61.2 Å². The largest absolute Gasteiger partial charge is 0.394 e. The van der Waals surface area contributed by atoms with Crippen molar-refractivity contribution in [3.05, 3.63) is 0 Å². The van der Waals surface area contributed by atoms with E-state index < -0.39 is 74.4 Å². The van der Waals surface area contributed by atoms with Crippen LogP contribution in [0.25, 0.3) is 0 Å². The van der Waals surface area contributed by atoms with Crippen LogP contribution < -0.4 is 17.2 Å². The van der Waals surface area contributed by atoms with Crippen LogP contribution in [0.3, 0.4) is 0 Å². The third kappa shape index (κ3) is 3.65. The lowest BCUT2D eigenvalue weighted by Gasteiger charge is -2.45. The van der Waals surface area contributed by atoms with Gasteiger partial charge >= 0.3 is 0 Å². The lowest BCUT2D eigenvalue weighted by atomic mass is 9.95. The number of aliphatic hydroxyl groups excluding tert-OH is 5. The first kappa shape index (κ1) is 18.9. The van der Waals surface area contributed by atoms with Gasteiger partial charge in [0.05, 0.1) is 37.4 Å². The van der Waals surface area contributed by atoms with Crippen LogP contribution in [0.4, 0.5) is 0 Å². The van der Waals surface area contributed by atoms with Crippen molar-refractivity contribution in [2.75, 3.05) is 13.2 Å².